The average Bonchev–Trinajstić information content (AvgIpc) is 2.95. The van der Waals surface area contributed by atoms with Gasteiger partial charge in [0.05, 0.1) is 11.9 Å². The molecule has 1 aromatic carbocycles. The fourth-order valence-corrected chi connectivity index (χ4v) is 3.26. The van der Waals surface area contributed by atoms with E-state index in [9.17, 15) is 0 Å². The molecule has 2 aromatic heterocycles. The van der Waals surface area contributed by atoms with Crippen molar-refractivity contribution in [1.29, 1.82) is 0 Å². The van der Waals surface area contributed by atoms with Crippen LogP contribution in [0.5, 0.6) is 0 Å². The molecule has 0 fully saturated rings. The first-order valence-electron chi connectivity index (χ1n) is 5.86. The summed E-state index contributed by atoms with van der Waals surface area (Å²) in [5, 5.41) is 5.21. The van der Waals surface area contributed by atoms with Crippen LogP contribution in [0.25, 0.3) is 21.8 Å². The number of rotatable bonds is 2. The third kappa shape index (κ3) is 2.48. The number of benzene rings is 1. The van der Waals surface area contributed by atoms with Crippen LogP contribution in [-0.2, 0) is 7.05 Å². The summed E-state index contributed by atoms with van der Waals surface area (Å²) < 4.78 is 2.87. The van der Waals surface area contributed by atoms with Gasteiger partial charge in [0.1, 0.15) is 5.01 Å². The van der Waals surface area contributed by atoms with Gasteiger partial charge < -0.3 is 0 Å². The SMILES string of the molecule is Cc1sc(-c2cnn(C)c2)nc1-c1cccc(Br)c1. The largest absolute Gasteiger partial charge is 0.275 e. The predicted molar refractivity (Wildman–Crippen MR) is 82.2 cm³/mol. The van der Waals surface area contributed by atoms with Gasteiger partial charge in [0.25, 0.3) is 0 Å². The van der Waals surface area contributed by atoms with E-state index in [1.165, 1.54) is 4.88 Å². The number of hydrogen-bond donors (Lipinski definition) is 0. The Morgan fingerprint density at radius 2 is 2.11 bits per heavy atom. The van der Waals surface area contributed by atoms with Crippen LogP contribution in [-0.4, -0.2) is 14.8 Å². The summed E-state index contributed by atoms with van der Waals surface area (Å²) in [5.41, 5.74) is 3.25. The Morgan fingerprint density at radius 1 is 1.26 bits per heavy atom. The highest BCUT2D eigenvalue weighted by Crippen LogP contribution is 2.33. The molecule has 3 aromatic rings. The summed E-state index contributed by atoms with van der Waals surface area (Å²) in [7, 11) is 1.92. The number of hydrogen-bond acceptors (Lipinski definition) is 3. The van der Waals surface area contributed by atoms with E-state index >= 15 is 0 Å². The second-order valence-corrected chi connectivity index (χ2v) is 6.46. The molecule has 0 saturated carbocycles. The van der Waals surface area contributed by atoms with Crippen LogP contribution in [0.2, 0.25) is 0 Å². The second-order valence-electron chi connectivity index (χ2n) is 4.34. The molecule has 0 aliphatic heterocycles. The van der Waals surface area contributed by atoms with E-state index in [1.807, 2.05) is 31.6 Å². The zero-order valence-corrected chi connectivity index (χ0v) is 13.0. The van der Waals surface area contributed by atoms with Gasteiger partial charge in [0.15, 0.2) is 0 Å². The van der Waals surface area contributed by atoms with E-state index < -0.39 is 0 Å². The molecule has 0 radical (unpaired) electrons. The molecule has 0 aliphatic carbocycles. The zero-order chi connectivity index (χ0) is 13.4. The lowest BCUT2D eigenvalue weighted by Gasteiger charge is -1.98. The fraction of sp³-hybridized carbons (Fsp3) is 0.143. The Labute approximate surface area is 124 Å². The zero-order valence-electron chi connectivity index (χ0n) is 10.6. The predicted octanol–water partition coefficient (Wildman–Crippen LogP) is 4.28. The van der Waals surface area contributed by atoms with E-state index in [0.717, 1.165) is 26.3 Å². The topological polar surface area (TPSA) is 30.7 Å². The number of aromatic nitrogens is 3. The van der Waals surface area contributed by atoms with E-state index in [2.05, 4.69) is 40.1 Å². The van der Waals surface area contributed by atoms with Crippen molar-refractivity contribution in [2.45, 2.75) is 6.92 Å². The third-order valence-corrected chi connectivity index (χ3v) is 4.36. The monoisotopic (exact) mass is 333 g/mol. The van der Waals surface area contributed by atoms with Crippen molar-refractivity contribution in [3.63, 3.8) is 0 Å². The minimum absolute atomic E-state index is 1.01. The van der Waals surface area contributed by atoms with Gasteiger partial charge in [0.2, 0.25) is 0 Å². The van der Waals surface area contributed by atoms with Crippen molar-refractivity contribution in [3.8, 4) is 21.8 Å². The molecule has 3 nitrogen and oxygen atoms in total. The molecule has 19 heavy (non-hydrogen) atoms. The highest BCUT2D eigenvalue weighted by molar-refractivity contribution is 9.10. The first kappa shape index (κ1) is 12.6. The highest BCUT2D eigenvalue weighted by Gasteiger charge is 2.12. The molecule has 0 aliphatic rings. The van der Waals surface area contributed by atoms with Gasteiger partial charge >= 0.3 is 0 Å². The molecule has 3 rings (SSSR count). The van der Waals surface area contributed by atoms with E-state index in [1.54, 1.807) is 16.0 Å². The van der Waals surface area contributed by atoms with Crippen LogP contribution < -0.4 is 0 Å². The summed E-state index contributed by atoms with van der Waals surface area (Å²) >= 11 is 5.20. The van der Waals surface area contributed by atoms with Gasteiger partial charge in [-0.1, -0.05) is 28.1 Å². The molecular weight excluding hydrogens is 322 g/mol. The van der Waals surface area contributed by atoms with E-state index in [4.69, 9.17) is 4.98 Å². The maximum Gasteiger partial charge on any atom is 0.127 e. The molecule has 2 heterocycles. The summed E-state index contributed by atoms with van der Waals surface area (Å²) in [6.45, 7) is 2.10. The average molecular weight is 334 g/mol. The Kier molecular flexibility index (Phi) is 3.24. The number of nitrogens with zero attached hydrogens (tertiary/aromatic N) is 3. The lowest BCUT2D eigenvalue weighted by molar-refractivity contribution is 0.768. The summed E-state index contributed by atoms with van der Waals surface area (Å²) in [5.74, 6) is 0. The maximum atomic E-state index is 4.75. The highest BCUT2D eigenvalue weighted by atomic mass is 79.9. The Hall–Kier alpha value is -1.46. The molecule has 0 atom stereocenters. The maximum absolute atomic E-state index is 4.75. The van der Waals surface area contributed by atoms with Gasteiger partial charge in [-0.05, 0) is 19.1 Å². The Bertz CT molecular complexity index is 730. The van der Waals surface area contributed by atoms with Crippen molar-refractivity contribution in [3.05, 3.63) is 46.0 Å². The van der Waals surface area contributed by atoms with Crippen LogP contribution in [0, 0.1) is 6.92 Å². The Morgan fingerprint density at radius 3 is 2.79 bits per heavy atom. The van der Waals surface area contributed by atoms with Crippen LogP contribution in [0.1, 0.15) is 4.88 Å². The Balaban J connectivity index is 2.07. The molecular formula is C14H12BrN3S. The quantitative estimate of drug-likeness (QED) is 0.700. The summed E-state index contributed by atoms with van der Waals surface area (Å²) in [6, 6.07) is 8.23. The van der Waals surface area contributed by atoms with Crippen molar-refractivity contribution >= 4 is 27.3 Å². The number of aryl methyl sites for hydroxylation is 2. The second kappa shape index (κ2) is 4.90. The van der Waals surface area contributed by atoms with Crippen molar-refractivity contribution in [1.82, 2.24) is 14.8 Å². The fourth-order valence-electron chi connectivity index (χ4n) is 1.96. The van der Waals surface area contributed by atoms with E-state index in [-0.39, 0.29) is 0 Å². The van der Waals surface area contributed by atoms with Crippen LogP contribution in [0.4, 0.5) is 0 Å². The van der Waals surface area contributed by atoms with Gasteiger partial charge in [-0.3, -0.25) is 4.68 Å². The van der Waals surface area contributed by atoms with Crippen LogP contribution in [0.3, 0.4) is 0 Å². The first-order valence-corrected chi connectivity index (χ1v) is 7.47. The molecule has 0 amide bonds. The number of halogens is 1. The standard InChI is InChI=1S/C14H12BrN3S/c1-9-13(10-4-3-5-12(15)6-10)17-14(19-9)11-7-16-18(2)8-11/h3-8H,1-2H3. The third-order valence-electron chi connectivity index (χ3n) is 2.85. The summed E-state index contributed by atoms with van der Waals surface area (Å²) in [6.07, 6.45) is 3.84. The molecule has 0 saturated heterocycles. The molecule has 0 N–H and O–H groups in total. The molecule has 0 bridgehead atoms. The van der Waals surface area contributed by atoms with Gasteiger partial charge in [-0.25, -0.2) is 4.98 Å². The minimum atomic E-state index is 1.01. The summed E-state index contributed by atoms with van der Waals surface area (Å²) in [4.78, 5) is 5.97. The number of thiazole rings is 1. The lowest BCUT2D eigenvalue weighted by atomic mass is 10.1. The van der Waals surface area contributed by atoms with Gasteiger partial charge in [0, 0.05) is 33.7 Å². The molecule has 0 unspecified atom stereocenters. The van der Waals surface area contributed by atoms with Crippen LogP contribution >= 0.6 is 27.3 Å². The van der Waals surface area contributed by atoms with Crippen molar-refractivity contribution in [2.24, 2.45) is 7.05 Å². The lowest BCUT2D eigenvalue weighted by Crippen LogP contribution is -1.84. The molecule has 0 spiro atoms. The normalized spacial score (nSPS) is 10.9. The van der Waals surface area contributed by atoms with E-state index in [0.29, 0.717) is 0 Å². The van der Waals surface area contributed by atoms with Crippen molar-refractivity contribution < 1.29 is 0 Å². The van der Waals surface area contributed by atoms with Crippen molar-refractivity contribution in [2.75, 3.05) is 0 Å². The van der Waals surface area contributed by atoms with Crippen LogP contribution in [0.15, 0.2) is 41.1 Å². The minimum Gasteiger partial charge on any atom is -0.275 e. The molecule has 5 heteroatoms. The van der Waals surface area contributed by atoms with Gasteiger partial charge in [-0.2, -0.15) is 5.10 Å². The molecule has 96 valence electrons. The first-order chi connectivity index (χ1) is 9.13. The smallest absolute Gasteiger partial charge is 0.127 e. The van der Waals surface area contributed by atoms with Gasteiger partial charge in [-0.15, -0.1) is 11.3 Å².